The Kier molecular flexibility index (Phi) is 3.71. The molecule has 0 aliphatic rings. The van der Waals surface area contributed by atoms with Crippen molar-refractivity contribution in [2.75, 3.05) is 20.0 Å². The number of ether oxygens (including phenoxy) is 2. The fourth-order valence-corrected chi connectivity index (χ4v) is 1.85. The second kappa shape index (κ2) is 5.44. The highest BCUT2D eigenvalue weighted by molar-refractivity contribution is 5.90. The summed E-state index contributed by atoms with van der Waals surface area (Å²) in [6, 6.07) is 12.6. The molecule has 19 heavy (non-hydrogen) atoms. The molecule has 0 heterocycles. The number of carbonyl (C=O) groups is 1. The molecule has 98 valence electrons. The van der Waals surface area contributed by atoms with Gasteiger partial charge in [0.2, 0.25) is 0 Å². The quantitative estimate of drug-likeness (QED) is 0.678. The smallest absolute Gasteiger partial charge is 0.337 e. The van der Waals surface area contributed by atoms with Crippen LogP contribution in [0, 0.1) is 0 Å². The van der Waals surface area contributed by atoms with Crippen LogP contribution in [0.25, 0.3) is 11.1 Å². The first kappa shape index (κ1) is 13.0. The third-order valence-electron chi connectivity index (χ3n) is 2.84. The van der Waals surface area contributed by atoms with Crippen LogP contribution in [0.5, 0.6) is 5.75 Å². The molecule has 2 aromatic rings. The van der Waals surface area contributed by atoms with Gasteiger partial charge in [-0.05, 0) is 29.8 Å². The van der Waals surface area contributed by atoms with Gasteiger partial charge >= 0.3 is 5.97 Å². The van der Waals surface area contributed by atoms with Crippen molar-refractivity contribution in [2.24, 2.45) is 0 Å². The lowest BCUT2D eigenvalue weighted by Gasteiger charge is -2.10. The second-order valence-electron chi connectivity index (χ2n) is 4.03. The lowest BCUT2D eigenvalue weighted by atomic mass is 10.0. The fraction of sp³-hybridized carbons (Fsp3) is 0.133. The number of nitrogen functional groups attached to an aromatic ring is 1. The van der Waals surface area contributed by atoms with Crippen LogP contribution < -0.4 is 10.5 Å². The van der Waals surface area contributed by atoms with Gasteiger partial charge in [-0.1, -0.05) is 12.1 Å². The summed E-state index contributed by atoms with van der Waals surface area (Å²) < 4.78 is 9.97. The highest BCUT2D eigenvalue weighted by Gasteiger charge is 2.08. The summed E-state index contributed by atoms with van der Waals surface area (Å²) in [4.78, 5) is 11.4. The summed E-state index contributed by atoms with van der Waals surface area (Å²) in [5.41, 5.74) is 8.75. The molecule has 0 amide bonds. The van der Waals surface area contributed by atoms with E-state index in [1.165, 1.54) is 7.11 Å². The van der Waals surface area contributed by atoms with E-state index in [9.17, 15) is 4.79 Å². The van der Waals surface area contributed by atoms with Gasteiger partial charge in [-0.3, -0.25) is 0 Å². The Hall–Kier alpha value is -2.49. The van der Waals surface area contributed by atoms with Crippen molar-refractivity contribution in [3.8, 4) is 16.9 Å². The maximum Gasteiger partial charge on any atom is 0.337 e. The third-order valence-corrected chi connectivity index (χ3v) is 2.84. The zero-order chi connectivity index (χ0) is 13.8. The molecule has 2 aromatic carbocycles. The molecule has 0 bridgehead atoms. The number of hydrogen-bond donors (Lipinski definition) is 1. The number of benzene rings is 2. The molecule has 4 nitrogen and oxygen atoms in total. The van der Waals surface area contributed by atoms with Crippen molar-refractivity contribution in [2.45, 2.75) is 0 Å². The molecule has 0 spiro atoms. The molecule has 4 heteroatoms. The van der Waals surface area contributed by atoms with E-state index in [0.717, 1.165) is 11.1 Å². The number of carbonyl (C=O) groups excluding carboxylic acids is 1. The molecular weight excluding hydrogens is 242 g/mol. The third kappa shape index (κ3) is 2.68. The molecule has 0 aliphatic carbocycles. The normalized spacial score (nSPS) is 10.0. The zero-order valence-corrected chi connectivity index (χ0v) is 10.8. The number of esters is 1. The average molecular weight is 257 g/mol. The van der Waals surface area contributed by atoms with E-state index >= 15 is 0 Å². The van der Waals surface area contributed by atoms with Crippen LogP contribution in [-0.4, -0.2) is 20.2 Å². The molecule has 0 atom stereocenters. The van der Waals surface area contributed by atoms with Gasteiger partial charge in [0, 0.05) is 17.3 Å². The van der Waals surface area contributed by atoms with Crippen molar-refractivity contribution in [3.63, 3.8) is 0 Å². The highest BCUT2D eigenvalue weighted by Crippen LogP contribution is 2.31. The Labute approximate surface area is 111 Å². The number of hydrogen-bond acceptors (Lipinski definition) is 4. The van der Waals surface area contributed by atoms with Crippen LogP contribution in [0.15, 0.2) is 42.5 Å². The van der Waals surface area contributed by atoms with Crippen molar-refractivity contribution in [1.82, 2.24) is 0 Å². The van der Waals surface area contributed by atoms with Gasteiger partial charge in [-0.2, -0.15) is 0 Å². The fourth-order valence-electron chi connectivity index (χ4n) is 1.85. The van der Waals surface area contributed by atoms with Crippen LogP contribution in [0.3, 0.4) is 0 Å². The standard InChI is InChI=1S/C15H15NO3/c1-18-14-9-12(16)7-8-13(14)10-3-5-11(6-4-10)15(17)19-2/h3-9H,16H2,1-2H3. The van der Waals surface area contributed by atoms with Crippen molar-refractivity contribution < 1.29 is 14.3 Å². The summed E-state index contributed by atoms with van der Waals surface area (Å²) in [5.74, 6) is 0.349. The Bertz CT molecular complexity index is 591. The van der Waals surface area contributed by atoms with E-state index < -0.39 is 0 Å². The van der Waals surface area contributed by atoms with Crippen LogP contribution in [0.2, 0.25) is 0 Å². The van der Waals surface area contributed by atoms with E-state index in [2.05, 4.69) is 4.74 Å². The molecule has 0 saturated carbocycles. The second-order valence-corrected chi connectivity index (χ2v) is 4.03. The average Bonchev–Trinajstić information content (AvgIpc) is 2.46. The first-order chi connectivity index (χ1) is 9.15. The molecular formula is C15H15NO3. The number of nitrogens with two attached hydrogens (primary N) is 1. The van der Waals surface area contributed by atoms with Crippen molar-refractivity contribution in [3.05, 3.63) is 48.0 Å². The van der Waals surface area contributed by atoms with Gasteiger partial charge in [0.1, 0.15) is 5.75 Å². The molecule has 2 rings (SSSR count). The Morgan fingerprint density at radius 2 is 1.74 bits per heavy atom. The van der Waals surface area contributed by atoms with Gasteiger partial charge in [0.25, 0.3) is 0 Å². The van der Waals surface area contributed by atoms with Crippen molar-refractivity contribution in [1.29, 1.82) is 0 Å². The number of anilines is 1. The first-order valence-corrected chi connectivity index (χ1v) is 5.78. The minimum Gasteiger partial charge on any atom is -0.496 e. The maximum atomic E-state index is 11.4. The van der Waals surface area contributed by atoms with E-state index in [-0.39, 0.29) is 5.97 Å². The zero-order valence-electron chi connectivity index (χ0n) is 10.8. The summed E-state index contributed by atoms with van der Waals surface area (Å²) in [5, 5.41) is 0. The van der Waals surface area contributed by atoms with Crippen LogP contribution in [-0.2, 0) is 4.74 Å². The van der Waals surface area contributed by atoms with E-state index in [1.54, 1.807) is 25.3 Å². The summed E-state index contributed by atoms with van der Waals surface area (Å²) in [6.07, 6.45) is 0. The van der Waals surface area contributed by atoms with Crippen molar-refractivity contribution >= 4 is 11.7 Å². The van der Waals surface area contributed by atoms with Crippen LogP contribution in [0.4, 0.5) is 5.69 Å². The molecule has 2 N–H and O–H groups in total. The molecule has 0 radical (unpaired) electrons. The summed E-state index contributed by atoms with van der Waals surface area (Å²) in [6.45, 7) is 0. The molecule has 0 aliphatic heterocycles. The number of methoxy groups -OCH3 is 2. The SMILES string of the molecule is COC(=O)c1ccc(-c2ccc(N)cc2OC)cc1. The Morgan fingerprint density at radius 1 is 1.05 bits per heavy atom. The minimum atomic E-state index is -0.351. The topological polar surface area (TPSA) is 61.5 Å². The van der Waals surface area contributed by atoms with Gasteiger partial charge in [-0.15, -0.1) is 0 Å². The predicted molar refractivity (Wildman–Crippen MR) is 74.2 cm³/mol. The van der Waals surface area contributed by atoms with Gasteiger partial charge in [0.05, 0.1) is 19.8 Å². The van der Waals surface area contributed by atoms with Gasteiger partial charge in [0.15, 0.2) is 0 Å². The highest BCUT2D eigenvalue weighted by atomic mass is 16.5. The van der Waals surface area contributed by atoms with E-state index in [1.807, 2.05) is 24.3 Å². The lowest BCUT2D eigenvalue weighted by Crippen LogP contribution is -2.00. The molecule has 0 saturated heterocycles. The first-order valence-electron chi connectivity index (χ1n) is 5.78. The van der Waals surface area contributed by atoms with E-state index in [0.29, 0.717) is 17.0 Å². The minimum absolute atomic E-state index is 0.351. The van der Waals surface area contributed by atoms with Crippen LogP contribution >= 0.6 is 0 Å². The molecule has 0 unspecified atom stereocenters. The summed E-state index contributed by atoms with van der Waals surface area (Å²) in [7, 11) is 2.96. The maximum absolute atomic E-state index is 11.4. The molecule has 0 fully saturated rings. The molecule has 0 aromatic heterocycles. The Morgan fingerprint density at radius 3 is 2.32 bits per heavy atom. The summed E-state index contributed by atoms with van der Waals surface area (Å²) >= 11 is 0. The van der Waals surface area contributed by atoms with Crippen LogP contribution in [0.1, 0.15) is 10.4 Å². The largest absolute Gasteiger partial charge is 0.496 e. The van der Waals surface area contributed by atoms with E-state index in [4.69, 9.17) is 10.5 Å². The predicted octanol–water partition coefficient (Wildman–Crippen LogP) is 2.73. The Balaban J connectivity index is 2.40. The van der Waals surface area contributed by atoms with Gasteiger partial charge < -0.3 is 15.2 Å². The lowest BCUT2D eigenvalue weighted by molar-refractivity contribution is 0.0601. The van der Waals surface area contributed by atoms with Gasteiger partial charge in [-0.25, -0.2) is 4.79 Å². The number of rotatable bonds is 3. The monoisotopic (exact) mass is 257 g/mol.